The molecule has 2 aromatic rings. The van der Waals surface area contributed by atoms with Crippen LogP contribution in [0.15, 0.2) is 23.1 Å². The highest BCUT2D eigenvalue weighted by Crippen LogP contribution is 2.36. The van der Waals surface area contributed by atoms with Crippen molar-refractivity contribution in [2.24, 2.45) is 0 Å². The smallest absolute Gasteiger partial charge is 0.293 e. The first kappa shape index (κ1) is 22.9. The van der Waals surface area contributed by atoms with Gasteiger partial charge in [-0.3, -0.25) is 4.90 Å². The molecule has 1 aromatic heterocycles. The minimum absolute atomic E-state index is 0.156. The molecule has 0 aliphatic carbocycles. The van der Waals surface area contributed by atoms with Crippen LogP contribution in [-0.4, -0.2) is 64.0 Å². The van der Waals surface area contributed by atoms with Gasteiger partial charge in [-0.1, -0.05) is 24.9 Å². The maximum absolute atomic E-state index is 13.1. The molecule has 1 fully saturated rings. The highest BCUT2D eigenvalue weighted by Gasteiger charge is 2.36. The van der Waals surface area contributed by atoms with Gasteiger partial charge in [0.05, 0.1) is 22.0 Å². The normalized spacial score (nSPS) is 16.8. The molecule has 2 heterocycles. The van der Waals surface area contributed by atoms with Crippen molar-refractivity contribution in [2.45, 2.75) is 43.9 Å². The molecule has 1 aliphatic rings. The van der Waals surface area contributed by atoms with E-state index in [4.69, 9.17) is 11.6 Å². The van der Waals surface area contributed by atoms with Gasteiger partial charge in [0.2, 0.25) is 10.0 Å². The maximum Gasteiger partial charge on any atom is 0.417 e. The van der Waals surface area contributed by atoms with Gasteiger partial charge in [-0.15, -0.1) is 5.10 Å². The van der Waals surface area contributed by atoms with Crippen molar-refractivity contribution >= 4 is 21.6 Å². The van der Waals surface area contributed by atoms with E-state index in [1.165, 1.54) is 4.31 Å². The van der Waals surface area contributed by atoms with Gasteiger partial charge in [-0.25, -0.2) is 13.1 Å². The number of sulfonamides is 1. The predicted octanol–water partition coefficient (Wildman–Crippen LogP) is 2.65. The van der Waals surface area contributed by atoms with Crippen LogP contribution in [0.5, 0.6) is 0 Å². The quantitative estimate of drug-likeness (QED) is 0.623. The number of tetrazole rings is 1. The molecule has 0 unspecified atom stereocenters. The largest absolute Gasteiger partial charge is 0.417 e. The van der Waals surface area contributed by atoms with E-state index in [1.54, 1.807) is 4.68 Å². The van der Waals surface area contributed by atoms with E-state index in [2.05, 4.69) is 22.4 Å². The summed E-state index contributed by atoms with van der Waals surface area (Å²) in [6.45, 7) is 4.40. The zero-order chi connectivity index (χ0) is 21.9. The van der Waals surface area contributed by atoms with E-state index in [-0.39, 0.29) is 13.1 Å². The molecular weight excluding hydrogens is 445 g/mol. The number of piperazine rings is 1. The van der Waals surface area contributed by atoms with Gasteiger partial charge >= 0.3 is 6.18 Å². The molecule has 1 saturated heterocycles. The van der Waals surface area contributed by atoms with Gasteiger partial charge in [0.15, 0.2) is 5.82 Å². The second-order valence-corrected chi connectivity index (χ2v) is 9.34. The van der Waals surface area contributed by atoms with Crippen LogP contribution in [0.1, 0.15) is 31.2 Å². The summed E-state index contributed by atoms with van der Waals surface area (Å²) in [6.07, 6.45) is -2.77. The van der Waals surface area contributed by atoms with Crippen molar-refractivity contribution in [2.75, 3.05) is 26.2 Å². The second kappa shape index (κ2) is 9.16. The Morgan fingerprint density at radius 2 is 1.87 bits per heavy atom. The fourth-order valence-electron chi connectivity index (χ4n) is 3.18. The number of nitrogens with zero attached hydrogens (tertiary/aromatic N) is 6. The van der Waals surface area contributed by atoms with Gasteiger partial charge in [-0.2, -0.15) is 17.5 Å². The summed E-state index contributed by atoms with van der Waals surface area (Å²) in [6, 6.07) is 2.65. The molecule has 0 amide bonds. The van der Waals surface area contributed by atoms with Gasteiger partial charge in [0.25, 0.3) is 0 Å². The predicted molar refractivity (Wildman–Crippen MR) is 103 cm³/mol. The highest BCUT2D eigenvalue weighted by molar-refractivity contribution is 7.89. The number of benzene rings is 1. The van der Waals surface area contributed by atoms with Crippen molar-refractivity contribution in [3.8, 4) is 0 Å². The Balaban J connectivity index is 1.67. The number of aromatic nitrogens is 4. The topological polar surface area (TPSA) is 84.2 Å². The number of hydrogen-bond acceptors (Lipinski definition) is 6. The fourth-order valence-corrected chi connectivity index (χ4v) is 4.85. The minimum atomic E-state index is -4.73. The summed E-state index contributed by atoms with van der Waals surface area (Å²) in [7, 11) is -4.06. The Hall–Kier alpha value is -1.76. The van der Waals surface area contributed by atoms with E-state index < -0.39 is 31.7 Å². The number of rotatable bonds is 7. The molecule has 0 N–H and O–H groups in total. The lowest BCUT2D eigenvalue weighted by Gasteiger charge is -2.33. The molecule has 1 aliphatic heterocycles. The minimum Gasteiger partial charge on any atom is -0.293 e. The summed E-state index contributed by atoms with van der Waals surface area (Å²) in [5.41, 5.74) is -1.16. The van der Waals surface area contributed by atoms with Crippen molar-refractivity contribution in [1.82, 2.24) is 29.4 Å². The Morgan fingerprint density at radius 1 is 1.17 bits per heavy atom. The summed E-state index contributed by atoms with van der Waals surface area (Å²) >= 11 is 5.59. The first-order valence-electron chi connectivity index (χ1n) is 9.47. The molecule has 166 valence electrons. The molecule has 0 bridgehead atoms. The van der Waals surface area contributed by atoms with Crippen LogP contribution in [0.25, 0.3) is 0 Å². The maximum atomic E-state index is 13.1. The zero-order valence-electron chi connectivity index (χ0n) is 16.3. The number of unbranched alkanes of at least 4 members (excludes halogenated alkanes) is 1. The monoisotopic (exact) mass is 466 g/mol. The Bertz CT molecular complexity index is 974. The van der Waals surface area contributed by atoms with E-state index in [9.17, 15) is 21.6 Å². The summed E-state index contributed by atoms with van der Waals surface area (Å²) in [5, 5.41) is 11.2. The van der Waals surface area contributed by atoms with Crippen molar-refractivity contribution < 1.29 is 21.6 Å². The number of halogens is 4. The highest BCUT2D eigenvalue weighted by atomic mass is 35.5. The van der Waals surface area contributed by atoms with Crippen molar-refractivity contribution in [3.63, 3.8) is 0 Å². The average molecular weight is 467 g/mol. The number of aryl methyl sites for hydroxylation is 1. The van der Waals surface area contributed by atoms with Crippen LogP contribution >= 0.6 is 11.6 Å². The fraction of sp³-hybridized carbons (Fsp3) is 0.588. The van der Waals surface area contributed by atoms with Crippen LogP contribution in [0.2, 0.25) is 5.02 Å². The molecule has 0 spiro atoms. The lowest BCUT2D eigenvalue weighted by atomic mass is 10.2. The number of alkyl halides is 3. The third-order valence-electron chi connectivity index (χ3n) is 4.91. The second-order valence-electron chi connectivity index (χ2n) is 6.99. The van der Waals surface area contributed by atoms with E-state index in [0.717, 1.165) is 25.0 Å². The first-order valence-corrected chi connectivity index (χ1v) is 11.3. The van der Waals surface area contributed by atoms with E-state index in [1.807, 2.05) is 4.90 Å². The van der Waals surface area contributed by atoms with Crippen LogP contribution in [0.4, 0.5) is 13.2 Å². The SMILES string of the molecule is CCCCn1nnnc1CN1CCN(S(=O)(=O)c2ccc(Cl)c(C(F)(F)F)c2)CC1. The summed E-state index contributed by atoms with van der Waals surface area (Å²) in [4.78, 5) is 1.60. The van der Waals surface area contributed by atoms with Gasteiger partial charge in [0.1, 0.15) is 0 Å². The number of hydrogen-bond donors (Lipinski definition) is 0. The Morgan fingerprint density at radius 3 is 2.50 bits per heavy atom. The molecule has 8 nitrogen and oxygen atoms in total. The van der Waals surface area contributed by atoms with Crippen LogP contribution in [-0.2, 0) is 29.3 Å². The third-order valence-corrected chi connectivity index (χ3v) is 7.13. The summed E-state index contributed by atoms with van der Waals surface area (Å²) in [5.74, 6) is 0.701. The molecule has 13 heteroatoms. The van der Waals surface area contributed by atoms with Crippen LogP contribution in [0.3, 0.4) is 0 Å². The molecule has 0 atom stereocenters. The van der Waals surface area contributed by atoms with E-state index >= 15 is 0 Å². The molecule has 0 saturated carbocycles. The third kappa shape index (κ3) is 5.10. The van der Waals surface area contributed by atoms with Crippen LogP contribution < -0.4 is 0 Å². The van der Waals surface area contributed by atoms with Gasteiger partial charge in [-0.05, 0) is 35.0 Å². The average Bonchev–Trinajstić information content (AvgIpc) is 3.13. The van der Waals surface area contributed by atoms with E-state index in [0.29, 0.717) is 38.1 Å². The first-order chi connectivity index (χ1) is 14.1. The molecule has 3 rings (SSSR count). The summed E-state index contributed by atoms with van der Waals surface area (Å²) < 4.78 is 67.8. The van der Waals surface area contributed by atoms with Crippen molar-refractivity contribution in [3.05, 3.63) is 34.6 Å². The van der Waals surface area contributed by atoms with Gasteiger partial charge in [0, 0.05) is 32.7 Å². The van der Waals surface area contributed by atoms with Crippen LogP contribution in [0, 0.1) is 0 Å². The molecule has 1 aromatic carbocycles. The zero-order valence-corrected chi connectivity index (χ0v) is 17.9. The van der Waals surface area contributed by atoms with Crippen molar-refractivity contribution in [1.29, 1.82) is 0 Å². The standard InChI is InChI=1S/C17H22ClF3N6O2S/c1-2-3-6-27-16(22-23-24-27)12-25-7-9-26(10-8-25)30(28,29)13-4-5-15(18)14(11-13)17(19,20)21/h4-5,11H,2-3,6-10,12H2,1H3. The Kier molecular flexibility index (Phi) is 7.00. The molecule has 0 radical (unpaired) electrons. The van der Waals surface area contributed by atoms with Gasteiger partial charge < -0.3 is 0 Å². The lowest BCUT2D eigenvalue weighted by Crippen LogP contribution is -2.48. The molecular formula is C17H22ClF3N6O2S. The lowest BCUT2D eigenvalue weighted by molar-refractivity contribution is -0.137. The molecule has 30 heavy (non-hydrogen) atoms. The Labute approximate surface area is 177 Å².